The summed E-state index contributed by atoms with van der Waals surface area (Å²) in [5.41, 5.74) is 0. The summed E-state index contributed by atoms with van der Waals surface area (Å²) in [5.74, 6) is 0. The number of benzene rings is 4. The monoisotopic (exact) mass is 438 g/mol. The first kappa shape index (κ1) is 20.8. The van der Waals surface area contributed by atoms with Crippen molar-refractivity contribution in [2.75, 3.05) is 0 Å². The maximum absolute atomic E-state index is 2.56. The van der Waals surface area contributed by atoms with Gasteiger partial charge in [-0.3, -0.25) is 0 Å². The van der Waals surface area contributed by atoms with Crippen molar-refractivity contribution in [1.82, 2.24) is 0 Å². The fraction of sp³-hybridized carbons (Fsp3) is 0.111. The van der Waals surface area contributed by atoms with Crippen LogP contribution in [0.3, 0.4) is 0 Å². The molecule has 4 aromatic rings. The summed E-state index contributed by atoms with van der Waals surface area (Å²) in [4.78, 5) is 0. The first-order valence-corrected chi connectivity index (χ1v) is 17.9. The van der Waals surface area contributed by atoms with Crippen LogP contribution in [0.4, 0.5) is 0 Å². The van der Waals surface area contributed by atoms with Crippen LogP contribution < -0.4 is 31.1 Å². The van der Waals surface area contributed by atoms with Crippen LogP contribution in [0, 0.1) is 0 Å². The van der Waals surface area contributed by atoms with Gasteiger partial charge in [0, 0.05) is 0 Å². The van der Waals surface area contributed by atoms with Gasteiger partial charge < -0.3 is 0 Å². The maximum atomic E-state index is 2.56. The summed E-state index contributed by atoms with van der Waals surface area (Å²) >= 11 is 0. The highest BCUT2D eigenvalue weighted by Crippen LogP contribution is 1.97. The summed E-state index contributed by atoms with van der Waals surface area (Å²) in [5, 5.41) is 9.38. The molecule has 0 radical (unpaired) electrons. The van der Waals surface area contributed by atoms with Gasteiger partial charge in [0.2, 0.25) is 0 Å². The van der Waals surface area contributed by atoms with Crippen molar-refractivity contribution in [2.45, 2.75) is 19.6 Å². The summed E-state index contributed by atoms with van der Waals surface area (Å²) in [7, 11) is -3.60. The first-order valence-electron chi connectivity index (χ1n) is 10.9. The minimum atomic E-state index is -1.20. The highest BCUT2D eigenvalue weighted by atomic mass is 28.3. The second kappa shape index (κ2) is 9.56. The van der Waals surface area contributed by atoms with E-state index in [2.05, 4.69) is 129 Å². The van der Waals surface area contributed by atoms with Gasteiger partial charge in [0.25, 0.3) is 0 Å². The topological polar surface area (TPSA) is 0 Å². The summed E-state index contributed by atoms with van der Waals surface area (Å²) in [6.45, 7) is 7.46. The second-order valence-corrected chi connectivity index (χ2v) is 16.7. The van der Waals surface area contributed by atoms with Gasteiger partial charge in [-0.2, -0.15) is 0 Å². The van der Waals surface area contributed by atoms with Gasteiger partial charge in [0.1, 0.15) is 0 Å². The van der Waals surface area contributed by atoms with E-state index < -0.39 is 26.4 Å². The molecule has 0 spiro atoms. The third kappa shape index (κ3) is 4.64. The number of hydrogen-bond acceptors (Lipinski definition) is 0. The molecule has 0 aliphatic rings. The van der Waals surface area contributed by atoms with Crippen LogP contribution in [0.2, 0.25) is 19.6 Å². The Morgan fingerprint density at radius 2 is 0.567 bits per heavy atom. The molecule has 30 heavy (non-hydrogen) atoms. The maximum Gasteiger partial charge on any atom is 0.0997 e. The van der Waals surface area contributed by atoms with E-state index in [0.29, 0.717) is 0 Å². The van der Waals surface area contributed by atoms with Crippen molar-refractivity contribution in [2.24, 2.45) is 0 Å². The standard InChI is InChI=1S/C27H30Si3/c1-28(22-13-7-4-8-14-22)25-19-26(29(2)23-15-9-5-10-16-23)21-27(20-25)30(3)24-17-11-6-12-18-24/h4-21,28-30H,1-3H3. The fourth-order valence-electron chi connectivity index (χ4n) is 4.25. The van der Waals surface area contributed by atoms with Gasteiger partial charge in [-0.15, -0.1) is 0 Å². The van der Waals surface area contributed by atoms with Crippen LogP contribution in [0.1, 0.15) is 0 Å². The van der Waals surface area contributed by atoms with Crippen LogP contribution in [0.25, 0.3) is 0 Å². The normalized spacial score (nSPS) is 14.1. The van der Waals surface area contributed by atoms with Gasteiger partial charge >= 0.3 is 0 Å². The molecule has 0 aromatic heterocycles. The Bertz CT molecular complexity index is 925. The van der Waals surface area contributed by atoms with Gasteiger partial charge in [0.05, 0.1) is 26.4 Å². The third-order valence-electron chi connectivity index (χ3n) is 6.40. The van der Waals surface area contributed by atoms with Crippen molar-refractivity contribution in [3.63, 3.8) is 0 Å². The Hall–Kier alpha value is -2.47. The zero-order chi connectivity index (χ0) is 20.9. The molecular formula is C27H30Si3. The van der Waals surface area contributed by atoms with Crippen molar-refractivity contribution in [3.8, 4) is 0 Å². The lowest BCUT2D eigenvalue weighted by Crippen LogP contribution is -2.50. The number of rotatable bonds is 6. The average Bonchev–Trinajstić information content (AvgIpc) is 2.84. The fourth-order valence-corrected chi connectivity index (χ4v) is 11.0. The number of hydrogen-bond donors (Lipinski definition) is 0. The highest BCUT2D eigenvalue weighted by molar-refractivity contribution is 6.89. The van der Waals surface area contributed by atoms with E-state index >= 15 is 0 Å². The van der Waals surface area contributed by atoms with E-state index in [9.17, 15) is 0 Å². The molecule has 0 saturated heterocycles. The minimum Gasteiger partial charge on any atom is -0.0642 e. The summed E-state index contributed by atoms with van der Waals surface area (Å²) < 4.78 is 0. The van der Waals surface area contributed by atoms with Crippen LogP contribution >= 0.6 is 0 Å². The molecule has 150 valence electrons. The molecule has 3 heteroatoms. The molecule has 3 atom stereocenters. The molecule has 0 bridgehead atoms. The predicted octanol–water partition coefficient (Wildman–Crippen LogP) is 1.60. The lowest BCUT2D eigenvalue weighted by atomic mass is 10.3. The third-order valence-corrected chi connectivity index (χ3v) is 14.6. The molecule has 3 unspecified atom stereocenters. The molecule has 0 heterocycles. The Balaban J connectivity index is 1.79. The minimum absolute atomic E-state index is 1.20. The van der Waals surface area contributed by atoms with Gasteiger partial charge in [-0.05, 0) is 0 Å². The lowest BCUT2D eigenvalue weighted by molar-refractivity contribution is 1.72. The van der Waals surface area contributed by atoms with Crippen molar-refractivity contribution in [3.05, 3.63) is 109 Å². The van der Waals surface area contributed by atoms with E-state index in [1.54, 1.807) is 15.6 Å². The van der Waals surface area contributed by atoms with E-state index in [4.69, 9.17) is 0 Å². The molecule has 0 N–H and O–H groups in total. The molecule has 0 nitrogen and oxygen atoms in total. The van der Waals surface area contributed by atoms with Gasteiger partial charge in [-0.1, -0.05) is 160 Å². The Morgan fingerprint density at radius 1 is 0.333 bits per heavy atom. The molecule has 0 aliphatic carbocycles. The molecule has 4 aromatic carbocycles. The molecule has 4 rings (SSSR count). The molecule has 0 fully saturated rings. The molecule has 0 aliphatic heterocycles. The van der Waals surface area contributed by atoms with Crippen molar-refractivity contribution in [1.29, 1.82) is 0 Å². The van der Waals surface area contributed by atoms with E-state index in [-0.39, 0.29) is 0 Å². The van der Waals surface area contributed by atoms with E-state index in [1.165, 1.54) is 15.6 Å². The predicted molar refractivity (Wildman–Crippen MR) is 143 cm³/mol. The quantitative estimate of drug-likeness (QED) is 0.401. The van der Waals surface area contributed by atoms with Gasteiger partial charge in [-0.25, -0.2) is 0 Å². The molecule has 0 amide bonds. The van der Waals surface area contributed by atoms with Crippen molar-refractivity contribution >= 4 is 57.5 Å². The smallest absolute Gasteiger partial charge is 0.0642 e. The molecular weight excluding hydrogens is 409 g/mol. The Kier molecular flexibility index (Phi) is 6.63. The average molecular weight is 439 g/mol. The van der Waals surface area contributed by atoms with Crippen LogP contribution in [-0.2, 0) is 0 Å². The van der Waals surface area contributed by atoms with E-state index in [1.807, 2.05) is 0 Å². The Morgan fingerprint density at radius 3 is 0.800 bits per heavy atom. The zero-order valence-corrected chi connectivity index (χ0v) is 21.6. The van der Waals surface area contributed by atoms with Crippen LogP contribution in [0.5, 0.6) is 0 Å². The van der Waals surface area contributed by atoms with Gasteiger partial charge in [0.15, 0.2) is 0 Å². The summed E-state index contributed by atoms with van der Waals surface area (Å²) in [6, 6.07) is 41.1. The highest BCUT2D eigenvalue weighted by Gasteiger charge is 2.19. The zero-order valence-electron chi connectivity index (χ0n) is 18.1. The Labute approximate surface area is 186 Å². The molecule has 0 saturated carbocycles. The van der Waals surface area contributed by atoms with E-state index in [0.717, 1.165) is 0 Å². The second-order valence-electron chi connectivity index (χ2n) is 8.33. The van der Waals surface area contributed by atoms with Crippen LogP contribution in [0.15, 0.2) is 109 Å². The SMILES string of the molecule is C[SiH](c1ccccc1)c1cc([SiH](C)c2ccccc2)cc([SiH](C)c2ccccc2)c1. The van der Waals surface area contributed by atoms with Crippen LogP contribution in [-0.4, -0.2) is 26.4 Å². The first-order chi connectivity index (χ1) is 14.6. The summed E-state index contributed by atoms with van der Waals surface area (Å²) in [6.07, 6.45) is 0. The lowest BCUT2D eigenvalue weighted by Gasteiger charge is -2.20. The largest absolute Gasteiger partial charge is 0.0997 e. The van der Waals surface area contributed by atoms with Crippen molar-refractivity contribution < 1.29 is 0 Å².